The number of nitrogens with zero attached hydrogens (tertiary/aromatic N) is 3. The molecular formula is C28H32N4O3S. The van der Waals surface area contributed by atoms with Gasteiger partial charge in [-0.25, -0.2) is 4.79 Å². The summed E-state index contributed by atoms with van der Waals surface area (Å²) in [6.45, 7) is 4.97. The summed E-state index contributed by atoms with van der Waals surface area (Å²) in [6.07, 6.45) is 10.2. The number of aliphatic imine (C=N–C) groups is 1. The van der Waals surface area contributed by atoms with Crippen molar-refractivity contribution in [2.24, 2.45) is 4.99 Å². The van der Waals surface area contributed by atoms with Crippen LogP contribution in [0.4, 0.5) is 0 Å². The fourth-order valence-corrected chi connectivity index (χ4v) is 7.63. The summed E-state index contributed by atoms with van der Waals surface area (Å²) in [5, 5.41) is 15.1. The number of aliphatic carboxylic acids is 1. The molecule has 1 aromatic heterocycles. The van der Waals surface area contributed by atoms with Crippen LogP contribution < -0.4 is 5.32 Å². The van der Waals surface area contributed by atoms with E-state index in [4.69, 9.17) is 0 Å². The number of fused-ring (bicyclic) bond motifs is 3. The molecule has 3 unspecified atom stereocenters. The van der Waals surface area contributed by atoms with E-state index in [1.807, 2.05) is 16.2 Å². The number of piperazine rings is 1. The summed E-state index contributed by atoms with van der Waals surface area (Å²) in [5.74, 6) is -0.781. The summed E-state index contributed by atoms with van der Waals surface area (Å²) in [4.78, 5) is 35.9. The maximum atomic E-state index is 13.6. The number of thiophene rings is 1. The number of carboxylic acids is 1. The van der Waals surface area contributed by atoms with Crippen LogP contribution in [0.5, 0.6) is 0 Å². The van der Waals surface area contributed by atoms with E-state index in [1.165, 1.54) is 26.1 Å². The topological polar surface area (TPSA) is 85.2 Å². The average Bonchev–Trinajstić information content (AvgIpc) is 3.36. The zero-order chi connectivity index (χ0) is 24.9. The molecule has 7 nitrogen and oxygen atoms in total. The first-order chi connectivity index (χ1) is 17.4. The second-order valence-corrected chi connectivity index (χ2v) is 11.9. The van der Waals surface area contributed by atoms with Crippen molar-refractivity contribution in [1.29, 1.82) is 0 Å². The molecule has 8 heteroatoms. The van der Waals surface area contributed by atoms with Gasteiger partial charge in [0.1, 0.15) is 0 Å². The number of rotatable bonds is 5. The van der Waals surface area contributed by atoms with Crippen molar-refractivity contribution >= 4 is 45.1 Å². The zero-order valence-corrected chi connectivity index (χ0v) is 21.4. The molecule has 188 valence electrons. The predicted molar refractivity (Wildman–Crippen MR) is 144 cm³/mol. The van der Waals surface area contributed by atoms with E-state index in [1.54, 1.807) is 18.4 Å². The Morgan fingerprint density at radius 1 is 1.31 bits per heavy atom. The van der Waals surface area contributed by atoms with Gasteiger partial charge in [0.2, 0.25) is 5.91 Å². The highest BCUT2D eigenvalue weighted by Gasteiger charge is 2.60. The van der Waals surface area contributed by atoms with Crippen molar-refractivity contribution in [3.05, 3.63) is 52.9 Å². The molecule has 0 spiro atoms. The van der Waals surface area contributed by atoms with Gasteiger partial charge in [0.05, 0.1) is 6.54 Å². The number of carbonyl (C=O) groups is 2. The van der Waals surface area contributed by atoms with Gasteiger partial charge in [-0.1, -0.05) is 12.1 Å². The number of hydrogen-bond donors (Lipinski definition) is 2. The lowest BCUT2D eigenvalue weighted by Crippen LogP contribution is -2.72. The minimum atomic E-state index is -1.19. The number of allylic oxidation sites excluding steroid dienone is 1. The smallest absolute Gasteiger partial charge is 0.330 e. The lowest BCUT2D eigenvalue weighted by Gasteiger charge is -2.52. The van der Waals surface area contributed by atoms with Crippen LogP contribution in [-0.4, -0.2) is 82.8 Å². The molecule has 5 heterocycles. The van der Waals surface area contributed by atoms with E-state index >= 15 is 0 Å². The molecule has 2 aromatic rings. The Morgan fingerprint density at radius 2 is 2.19 bits per heavy atom. The maximum absolute atomic E-state index is 13.6. The van der Waals surface area contributed by atoms with Crippen LogP contribution in [0.3, 0.4) is 0 Å². The van der Waals surface area contributed by atoms with E-state index in [-0.39, 0.29) is 18.5 Å². The maximum Gasteiger partial charge on any atom is 0.330 e. The molecule has 3 atom stereocenters. The van der Waals surface area contributed by atoms with Crippen LogP contribution in [0.1, 0.15) is 36.1 Å². The first kappa shape index (κ1) is 23.6. The number of carbonyl (C=O) groups excluding carboxylic acids is 1. The third-order valence-electron chi connectivity index (χ3n) is 8.40. The van der Waals surface area contributed by atoms with Crippen LogP contribution in [0.15, 0.2) is 47.5 Å². The Bertz CT molecular complexity index is 1310. The third-order valence-corrected chi connectivity index (χ3v) is 9.43. The van der Waals surface area contributed by atoms with Gasteiger partial charge < -0.3 is 15.3 Å². The summed E-state index contributed by atoms with van der Waals surface area (Å²) in [6, 6.07) is 8.97. The molecule has 2 N–H and O–H groups in total. The zero-order valence-electron chi connectivity index (χ0n) is 20.6. The Labute approximate surface area is 215 Å². The minimum Gasteiger partial charge on any atom is -0.480 e. The second-order valence-electron chi connectivity index (χ2n) is 10.6. The quantitative estimate of drug-likeness (QED) is 0.651. The van der Waals surface area contributed by atoms with Crippen LogP contribution in [0.25, 0.3) is 15.7 Å². The molecule has 1 aromatic carbocycles. The molecule has 0 saturated carbocycles. The highest BCUT2D eigenvalue weighted by Crippen LogP contribution is 2.45. The fraction of sp³-hybridized carbons (Fsp3) is 0.464. The van der Waals surface area contributed by atoms with Gasteiger partial charge >= 0.3 is 5.97 Å². The minimum absolute atomic E-state index is 0.0871. The van der Waals surface area contributed by atoms with Gasteiger partial charge in [-0.3, -0.25) is 14.7 Å². The van der Waals surface area contributed by atoms with Gasteiger partial charge in [0.15, 0.2) is 5.54 Å². The molecule has 4 aliphatic heterocycles. The Morgan fingerprint density at radius 3 is 2.94 bits per heavy atom. The number of amides is 1. The van der Waals surface area contributed by atoms with Gasteiger partial charge in [0, 0.05) is 60.0 Å². The van der Waals surface area contributed by atoms with Crippen LogP contribution in [0, 0.1) is 6.92 Å². The molecule has 1 amide bonds. The average molecular weight is 505 g/mol. The van der Waals surface area contributed by atoms with Crippen LogP contribution in [-0.2, 0) is 9.59 Å². The summed E-state index contributed by atoms with van der Waals surface area (Å²) in [5.41, 5.74) is 0.827. The van der Waals surface area contributed by atoms with E-state index in [0.717, 1.165) is 25.8 Å². The largest absolute Gasteiger partial charge is 0.480 e. The number of dihydropyridines is 1. The van der Waals surface area contributed by atoms with Gasteiger partial charge in [-0.15, -0.1) is 11.3 Å². The lowest BCUT2D eigenvalue weighted by molar-refractivity contribution is -0.156. The van der Waals surface area contributed by atoms with Crippen molar-refractivity contribution in [3.63, 3.8) is 0 Å². The molecule has 2 fully saturated rings. The Balaban J connectivity index is 1.21. The second kappa shape index (κ2) is 8.94. The number of benzene rings is 1. The fourth-order valence-electron chi connectivity index (χ4n) is 6.73. The summed E-state index contributed by atoms with van der Waals surface area (Å²) >= 11 is 1.82. The number of nitrogens with one attached hydrogen (secondary N) is 1. The van der Waals surface area contributed by atoms with Crippen molar-refractivity contribution in [1.82, 2.24) is 15.1 Å². The van der Waals surface area contributed by atoms with Crippen LogP contribution in [0.2, 0.25) is 0 Å². The monoisotopic (exact) mass is 504 g/mol. The van der Waals surface area contributed by atoms with Crippen molar-refractivity contribution < 1.29 is 14.7 Å². The van der Waals surface area contributed by atoms with Gasteiger partial charge in [0.25, 0.3) is 0 Å². The van der Waals surface area contributed by atoms with E-state index in [0.29, 0.717) is 26.1 Å². The molecule has 2 bridgehead atoms. The third kappa shape index (κ3) is 3.83. The molecule has 0 radical (unpaired) electrons. The normalized spacial score (nSPS) is 30.1. The first-order valence-electron chi connectivity index (χ1n) is 12.8. The SMILES string of the molecule is Cc1cc2cc(C3=CCN(C(=O)CC45CCC(CNC4)N5C4(C(=O)O)C=CC=NC4)CC3)ccc2s1. The number of carboxylic acid groups (broad SMARTS) is 1. The first-order valence-corrected chi connectivity index (χ1v) is 13.6. The highest BCUT2D eigenvalue weighted by molar-refractivity contribution is 7.19. The lowest BCUT2D eigenvalue weighted by atomic mass is 9.83. The van der Waals surface area contributed by atoms with Crippen molar-refractivity contribution in [2.75, 3.05) is 32.7 Å². The van der Waals surface area contributed by atoms with E-state index in [2.05, 4.69) is 52.5 Å². The standard InChI is InChI=1S/C28H32N4O3S/c1-19-13-22-14-21(3-4-24(22)36-19)20-6-11-31(12-7-20)25(33)15-27-9-5-23(16-30-17-27)32(27)28(26(34)35)8-2-10-29-18-28/h2-4,6,8,10,13-14,23,30H,5,7,9,11-12,15-18H2,1H3,(H,34,35). The highest BCUT2D eigenvalue weighted by atomic mass is 32.1. The van der Waals surface area contributed by atoms with E-state index in [9.17, 15) is 14.7 Å². The van der Waals surface area contributed by atoms with Gasteiger partial charge in [-0.2, -0.15) is 0 Å². The number of aryl methyl sites for hydroxylation is 1. The molecule has 4 aliphatic rings. The van der Waals surface area contributed by atoms with Gasteiger partial charge in [-0.05, 0) is 73.1 Å². The molecule has 36 heavy (non-hydrogen) atoms. The van der Waals surface area contributed by atoms with E-state index < -0.39 is 17.0 Å². The van der Waals surface area contributed by atoms with Crippen molar-refractivity contribution in [3.8, 4) is 0 Å². The molecule has 0 aliphatic carbocycles. The molecule has 2 saturated heterocycles. The number of hydrogen-bond acceptors (Lipinski definition) is 6. The Kier molecular flexibility index (Phi) is 5.85. The molecule has 6 rings (SSSR count). The van der Waals surface area contributed by atoms with Crippen LogP contribution >= 0.6 is 11.3 Å². The van der Waals surface area contributed by atoms with Crippen molar-refractivity contribution in [2.45, 2.75) is 49.7 Å². The Hall–Kier alpha value is -2.81. The summed E-state index contributed by atoms with van der Waals surface area (Å²) in [7, 11) is 0. The summed E-state index contributed by atoms with van der Waals surface area (Å²) < 4.78 is 1.31. The predicted octanol–water partition coefficient (Wildman–Crippen LogP) is 3.49. The molecular weight excluding hydrogens is 472 g/mol.